The second kappa shape index (κ2) is 22.2. The molecule has 0 radical (unpaired) electrons. The maximum atomic E-state index is 12.8. The van der Waals surface area contributed by atoms with E-state index in [0.29, 0.717) is 19.1 Å². The molecule has 2 unspecified atom stereocenters. The molecule has 0 amide bonds. The van der Waals surface area contributed by atoms with Crippen molar-refractivity contribution in [3.8, 4) is 0 Å². The maximum Gasteiger partial charge on any atom is 0.335 e. The van der Waals surface area contributed by atoms with Gasteiger partial charge in [-0.3, -0.25) is 0 Å². The van der Waals surface area contributed by atoms with Crippen molar-refractivity contribution >= 4 is 11.9 Å². The Balaban J connectivity index is 1.19. The van der Waals surface area contributed by atoms with E-state index in [0.717, 1.165) is 69.1 Å². The number of hydrogen-bond donors (Lipinski definition) is 0. The summed E-state index contributed by atoms with van der Waals surface area (Å²) < 4.78 is 34.0. The molecule has 8 heteroatoms. The van der Waals surface area contributed by atoms with Crippen molar-refractivity contribution in [3.05, 3.63) is 24.3 Å². The zero-order chi connectivity index (χ0) is 34.0. The van der Waals surface area contributed by atoms with Crippen LogP contribution in [0.1, 0.15) is 135 Å². The highest BCUT2D eigenvalue weighted by molar-refractivity contribution is 5.88. The Bertz CT molecular complexity index is 902. The molecule has 2 atom stereocenters. The Morgan fingerprint density at radius 2 is 1.12 bits per heavy atom. The van der Waals surface area contributed by atoms with E-state index < -0.39 is 11.9 Å². The summed E-state index contributed by atoms with van der Waals surface area (Å²) >= 11 is 0. The number of esters is 2. The summed E-state index contributed by atoms with van der Waals surface area (Å²) in [4.78, 5) is 25.6. The third kappa shape index (κ3) is 14.2. The van der Waals surface area contributed by atoms with Crippen molar-refractivity contribution < 1.29 is 38.0 Å². The van der Waals surface area contributed by atoms with Crippen LogP contribution >= 0.6 is 0 Å². The quantitative estimate of drug-likeness (QED) is 0.0719. The minimum atomic E-state index is -0.479. The summed E-state index contributed by atoms with van der Waals surface area (Å²) in [6.07, 6.45) is 23.6. The van der Waals surface area contributed by atoms with Crippen LogP contribution in [0.2, 0.25) is 0 Å². The number of carbonyl (C=O) groups is 2. The molecule has 0 spiro atoms. The van der Waals surface area contributed by atoms with Gasteiger partial charge < -0.3 is 28.4 Å². The normalized spacial score (nSPS) is 28.7. The summed E-state index contributed by atoms with van der Waals surface area (Å²) in [7, 11) is 0. The third-order valence-electron chi connectivity index (χ3n) is 11.3. The van der Waals surface area contributed by atoms with Gasteiger partial charge in [0.15, 0.2) is 12.6 Å². The minimum Gasteiger partial charge on any atom is -0.462 e. The van der Waals surface area contributed by atoms with Gasteiger partial charge in [0, 0.05) is 19.1 Å². The van der Waals surface area contributed by atoms with E-state index in [4.69, 9.17) is 28.4 Å². The molecule has 2 saturated carbocycles. The van der Waals surface area contributed by atoms with Gasteiger partial charge in [-0.25, -0.2) is 9.59 Å². The van der Waals surface area contributed by atoms with Gasteiger partial charge in [-0.05, 0) is 101 Å². The fourth-order valence-electron chi connectivity index (χ4n) is 8.05. The first-order valence-corrected chi connectivity index (χ1v) is 19.6. The number of carbonyl (C=O) groups excluding carboxylic acids is 2. The molecule has 0 aromatic carbocycles. The van der Waals surface area contributed by atoms with Gasteiger partial charge in [0.2, 0.25) is 0 Å². The van der Waals surface area contributed by atoms with E-state index in [9.17, 15) is 9.59 Å². The van der Waals surface area contributed by atoms with Crippen LogP contribution in [0.3, 0.4) is 0 Å². The standard InChI is InChI=1S/C40H66O8/c1-4-5-6-11-32-16-20-35(21-17-32)36-22-18-33(19-23-36)14-15-34(28-47-39(41)30(2)26-45-37-12-7-9-24-43-37)29-48-40(42)31(3)27-46-38-13-8-10-25-44-38/h32-38H,2-29H2,1H3. The van der Waals surface area contributed by atoms with Gasteiger partial charge in [0.05, 0.1) is 37.6 Å². The number of rotatable bonds is 20. The molecule has 8 nitrogen and oxygen atoms in total. The van der Waals surface area contributed by atoms with Crippen LogP contribution in [0.4, 0.5) is 0 Å². The van der Waals surface area contributed by atoms with Crippen molar-refractivity contribution in [2.24, 2.45) is 29.6 Å². The fraction of sp³-hybridized carbons (Fsp3) is 0.850. The van der Waals surface area contributed by atoms with Crippen LogP contribution in [0.25, 0.3) is 0 Å². The summed E-state index contributed by atoms with van der Waals surface area (Å²) in [6, 6.07) is 0. The van der Waals surface area contributed by atoms with Crippen LogP contribution in [-0.2, 0) is 38.0 Å². The van der Waals surface area contributed by atoms with Crippen LogP contribution < -0.4 is 0 Å². The second-order valence-corrected chi connectivity index (χ2v) is 15.1. The number of hydrogen-bond acceptors (Lipinski definition) is 8. The Morgan fingerprint density at radius 1 is 0.646 bits per heavy atom. The highest BCUT2D eigenvalue weighted by atomic mass is 16.7. The number of unbranched alkanes of at least 4 members (excludes halogenated alkanes) is 2. The molecule has 274 valence electrons. The molecule has 4 aliphatic rings. The summed E-state index contributed by atoms with van der Waals surface area (Å²) in [5, 5.41) is 0. The van der Waals surface area contributed by atoms with E-state index in [2.05, 4.69) is 20.1 Å². The zero-order valence-corrected chi connectivity index (χ0v) is 30.1. The zero-order valence-electron chi connectivity index (χ0n) is 30.1. The molecular weight excluding hydrogens is 608 g/mol. The highest BCUT2D eigenvalue weighted by Gasteiger charge is 2.31. The monoisotopic (exact) mass is 674 g/mol. The topological polar surface area (TPSA) is 89.5 Å². The maximum absolute atomic E-state index is 12.8. The van der Waals surface area contributed by atoms with Gasteiger partial charge in [0.1, 0.15) is 0 Å². The van der Waals surface area contributed by atoms with Gasteiger partial charge in [-0.15, -0.1) is 0 Å². The van der Waals surface area contributed by atoms with E-state index in [1.165, 1.54) is 77.0 Å². The lowest BCUT2D eigenvalue weighted by Crippen LogP contribution is -2.28. The van der Waals surface area contributed by atoms with E-state index in [-0.39, 0.29) is 56.1 Å². The Hall–Kier alpha value is -1.74. The third-order valence-corrected chi connectivity index (χ3v) is 11.3. The molecule has 4 fully saturated rings. The van der Waals surface area contributed by atoms with Crippen molar-refractivity contribution in [1.29, 1.82) is 0 Å². The van der Waals surface area contributed by atoms with Crippen molar-refractivity contribution in [3.63, 3.8) is 0 Å². The largest absolute Gasteiger partial charge is 0.462 e. The first-order chi connectivity index (χ1) is 23.4. The molecule has 2 heterocycles. The van der Waals surface area contributed by atoms with E-state index in [1.54, 1.807) is 0 Å². The Labute approximate surface area is 291 Å². The molecular formula is C40H66O8. The van der Waals surface area contributed by atoms with Crippen LogP contribution in [0.15, 0.2) is 24.3 Å². The highest BCUT2D eigenvalue weighted by Crippen LogP contribution is 2.43. The fourth-order valence-corrected chi connectivity index (χ4v) is 8.05. The summed E-state index contributed by atoms with van der Waals surface area (Å²) in [5.74, 6) is 2.37. The summed E-state index contributed by atoms with van der Waals surface area (Å²) in [6.45, 7) is 11.9. The Morgan fingerprint density at radius 3 is 1.56 bits per heavy atom. The lowest BCUT2D eigenvalue weighted by Gasteiger charge is -2.38. The molecule has 2 saturated heterocycles. The van der Waals surface area contributed by atoms with Crippen LogP contribution in [0, 0.1) is 29.6 Å². The average Bonchev–Trinajstić information content (AvgIpc) is 3.13. The smallest absolute Gasteiger partial charge is 0.335 e. The molecule has 0 bridgehead atoms. The van der Waals surface area contributed by atoms with Gasteiger partial charge >= 0.3 is 11.9 Å². The van der Waals surface area contributed by atoms with Crippen LogP contribution in [-0.4, -0.2) is 64.2 Å². The van der Waals surface area contributed by atoms with Gasteiger partial charge in [-0.2, -0.15) is 0 Å². The first-order valence-electron chi connectivity index (χ1n) is 19.6. The number of ether oxygens (including phenoxy) is 6. The second-order valence-electron chi connectivity index (χ2n) is 15.1. The van der Waals surface area contributed by atoms with E-state index in [1.807, 2.05) is 0 Å². The minimum absolute atomic E-state index is 0.0808. The van der Waals surface area contributed by atoms with Crippen molar-refractivity contribution in [2.45, 2.75) is 148 Å². The van der Waals surface area contributed by atoms with Crippen molar-refractivity contribution in [2.75, 3.05) is 39.6 Å². The van der Waals surface area contributed by atoms with Crippen molar-refractivity contribution in [1.82, 2.24) is 0 Å². The molecule has 0 aromatic heterocycles. The predicted molar refractivity (Wildman–Crippen MR) is 187 cm³/mol. The molecule has 2 aliphatic heterocycles. The Kier molecular flexibility index (Phi) is 18.0. The predicted octanol–water partition coefficient (Wildman–Crippen LogP) is 8.86. The van der Waals surface area contributed by atoms with E-state index >= 15 is 0 Å². The lowest BCUT2D eigenvalue weighted by molar-refractivity contribution is -0.161. The molecule has 48 heavy (non-hydrogen) atoms. The van der Waals surface area contributed by atoms with Gasteiger partial charge in [-0.1, -0.05) is 71.4 Å². The summed E-state index contributed by atoms with van der Waals surface area (Å²) in [5.41, 5.74) is 0.535. The first kappa shape index (κ1) is 39.1. The van der Waals surface area contributed by atoms with Gasteiger partial charge in [0.25, 0.3) is 0 Å². The molecule has 0 aromatic rings. The SMILES string of the molecule is C=C(COC1CCCCO1)C(=O)OCC(CCC1CCC(C2CCC(CCCCC)CC2)CC1)COC(=O)C(=C)COC1CCCCO1. The molecule has 0 N–H and O–H groups in total. The lowest BCUT2D eigenvalue weighted by atomic mass is 9.68. The average molecular weight is 675 g/mol. The molecule has 2 aliphatic carbocycles. The molecule has 4 rings (SSSR count). The van der Waals surface area contributed by atoms with Crippen LogP contribution in [0.5, 0.6) is 0 Å².